The van der Waals surface area contributed by atoms with Crippen LogP contribution in [0, 0.1) is 0 Å². The van der Waals surface area contributed by atoms with Gasteiger partial charge in [-0.1, -0.05) is 18.2 Å². The van der Waals surface area contributed by atoms with Gasteiger partial charge in [-0.15, -0.1) is 11.8 Å². The average Bonchev–Trinajstić information content (AvgIpc) is 3.43. The molecule has 2 N–H and O–H groups in total. The van der Waals surface area contributed by atoms with Gasteiger partial charge in [0.15, 0.2) is 0 Å². The molecule has 0 saturated heterocycles. The van der Waals surface area contributed by atoms with Gasteiger partial charge in [0.1, 0.15) is 0 Å². The van der Waals surface area contributed by atoms with Crippen LogP contribution in [0.25, 0.3) is 0 Å². The van der Waals surface area contributed by atoms with Crippen molar-refractivity contribution >= 4 is 29.3 Å². The molecule has 0 aromatic heterocycles. The molecule has 1 aliphatic carbocycles. The first-order valence-electron chi connectivity index (χ1n) is 8.33. The lowest BCUT2D eigenvalue weighted by Crippen LogP contribution is -2.27. The van der Waals surface area contributed by atoms with Crippen molar-refractivity contribution in [2.45, 2.75) is 30.0 Å². The van der Waals surface area contributed by atoms with E-state index in [0.29, 0.717) is 10.5 Å². The van der Waals surface area contributed by atoms with Crippen LogP contribution < -0.4 is 10.6 Å². The summed E-state index contributed by atoms with van der Waals surface area (Å²) in [5, 5.41) is 5.35. The second kappa shape index (κ2) is 8.04. The zero-order valence-electron chi connectivity index (χ0n) is 14.2. The maximum absolute atomic E-state index is 12.8. The lowest BCUT2D eigenvalue weighted by Gasteiger charge is -2.12. The molecule has 0 spiro atoms. The highest BCUT2D eigenvalue weighted by atomic mass is 32.2. The molecule has 2 aromatic carbocycles. The molecule has 0 heterocycles. The van der Waals surface area contributed by atoms with Gasteiger partial charge in [0, 0.05) is 16.6 Å². The second-order valence-electron chi connectivity index (χ2n) is 6.16. The maximum Gasteiger partial charge on any atom is 0.416 e. The summed E-state index contributed by atoms with van der Waals surface area (Å²) in [4.78, 5) is 24.9. The van der Waals surface area contributed by atoms with E-state index in [0.717, 1.165) is 25.0 Å². The Hall–Kier alpha value is -2.48. The molecule has 3 rings (SSSR count). The average molecular weight is 394 g/mol. The van der Waals surface area contributed by atoms with Gasteiger partial charge < -0.3 is 10.6 Å². The largest absolute Gasteiger partial charge is 0.416 e. The van der Waals surface area contributed by atoms with Crippen molar-refractivity contribution in [3.05, 3.63) is 59.7 Å². The molecule has 1 fully saturated rings. The Kier molecular flexibility index (Phi) is 5.74. The number of hydrogen-bond donors (Lipinski definition) is 2. The van der Waals surface area contributed by atoms with Gasteiger partial charge in [-0.2, -0.15) is 13.2 Å². The number of nitrogens with one attached hydrogen (secondary N) is 2. The molecule has 0 radical (unpaired) electrons. The molecule has 4 nitrogen and oxygen atoms in total. The van der Waals surface area contributed by atoms with Crippen molar-refractivity contribution in [2.75, 3.05) is 11.1 Å². The summed E-state index contributed by atoms with van der Waals surface area (Å²) in [6.45, 7) is 0. The lowest BCUT2D eigenvalue weighted by atomic mass is 10.1. The smallest absolute Gasteiger partial charge is 0.353 e. The Morgan fingerprint density at radius 2 is 1.81 bits per heavy atom. The van der Waals surface area contributed by atoms with Gasteiger partial charge >= 0.3 is 6.18 Å². The monoisotopic (exact) mass is 394 g/mol. The molecular weight excluding hydrogens is 377 g/mol. The number of anilines is 1. The molecule has 0 unspecified atom stereocenters. The molecular formula is C19H17F3N2O2S. The van der Waals surface area contributed by atoms with Gasteiger partial charge in [0.2, 0.25) is 5.91 Å². The number of alkyl halides is 3. The number of carbonyl (C=O) groups excluding carboxylic acids is 2. The highest BCUT2D eigenvalue weighted by Gasteiger charge is 2.30. The first-order valence-corrected chi connectivity index (χ1v) is 9.31. The summed E-state index contributed by atoms with van der Waals surface area (Å²) >= 11 is 1.22. The summed E-state index contributed by atoms with van der Waals surface area (Å²) < 4.78 is 38.4. The van der Waals surface area contributed by atoms with E-state index >= 15 is 0 Å². The van der Waals surface area contributed by atoms with Gasteiger partial charge in [-0.05, 0) is 43.2 Å². The van der Waals surface area contributed by atoms with Gasteiger partial charge in [0.05, 0.1) is 16.9 Å². The summed E-state index contributed by atoms with van der Waals surface area (Å²) in [6.07, 6.45) is -2.50. The topological polar surface area (TPSA) is 58.2 Å². The van der Waals surface area contributed by atoms with Crippen LogP contribution in [0.1, 0.15) is 28.8 Å². The first-order chi connectivity index (χ1) is 12.8. The Labute approximate surface area is 158 Å². The predicted octanol–water partition coefficient (Wildman–Crippen LogP) is 4.33. The van der Waals surface area contributed by atoms with Crippen molar-refractivity contribution in [3.63, 3.8) is 0 Å². The zero-order chi connectivity index (χ0) is 19.4. The van der Waals surface area contributed by atoms with Crippen molar-refractivity contribution < 1.29 is 22.8 Å². The molecule has 27 heavy (non-hydrogen) atoms. The minimum atomic E-state index is -4.48. The molecule has 0 bridgehead atoms. The summed E-state index contributed by atoms with van der Waals surface area (Å²) in [5.41, 5.74) is -0.472. The quantitative estimate of drug-likeness (QED) is 0.717. The van der Waals surface area contributed by atoms with Crippen molar-refractivity contribution in [1.29, 1.82) is 0 Å². The van der Waals surface area contributed by atoms with Crippen LogP contribution in [0.4, 0.5) is 18.9 Å². The van der Waals surface area contributed by atoms with E-state index in [4.69, 9.17) is 0 Å². The second-order valence-corrected chi connectivity index (χ2v) is 7.18. The highest BCUT2D eigenvalue weighted by Crippen LogP contribution is 2.31. The number of carbonyl (C=O) groups is 2. The number of rotatable bonds is 6. The Morgan fingerprint density at radius 1 is 1.07 bits per heavy atom. The third-order valence-electron chi connectivity index (χ3n) is 3.88. The van der Waals surface area contributed by atoms with Crippen LogP contribution in [0.2, 0.25) is 0 Å². The first kappa shape index (κ1) is 19.3. The number of benzene rings is 2. The fraction of sp³-hybridized carbons (Fsp3) is 0.263. The summed E-state index contributed by atoms with van der Waals surface area (Å²) in [6, 6.07) is 11.4. The van der Waals surface area contributed by atoms with Crippen LogP contribution in [-0.4, -0.2) is 23.6 Å². The standard InChI is InChI=1S/C19H17F3N2O2S/c20-19(21,22)12-4-3-5-14(10-12)24-18(26)15-6-1-2-7-16(15)27-11-17(25)23-13-8-9-13/h1-7,10,13H,8-9,11H2,(H,23,25)(H,24,26). The van der Waals surface area contributed by atoms with E-state index in [-0.39, 0.29) is 23.4 Å². The molecule has 2 amide bonds. The molecule has 2 aromatic rings. The Balaban J connectivity index is 1.68. The number of hydrogen-bond acceptors (Lipinski definition) is 3. The van der Waals surface area contributed by atoms with Crippen molar-refractivity contribution in [2.24, 2.45) is 0 Å². The van der Waals surface area contributed by atoms with E-state index in [1.165, 1.54) is 23.9 Å². The Morgan fingerprint density at radius 3 is 2.52 bits per heavy atom. The van der Waals surface area contributed by atoms with E-state index in [9.17, 15) is 22.8 Å². The van der Waals surface area contributed by atoms with Gasteiger partial charge in [-0.3, -0.25) is 9.59 Å². The van der Waals surface area contributed by atoms with Gasteiger partial charge in [-0.25, -0.2) is 0 Å². The fourth-order valence-electron chi connectivity index (χ4n) is 2.39. The van der Waals surface area contributed by atoms with Crippen LogP contribution in [0.15, 0.2) is 53.4 Å². The van der Waals surface area contributed by atoms with E-state index < -0.39 is 17.6 Å². The SMILES string of the molecule is O=C(CSc1ccccc1C(=O)Nc1cccc(C(F)(F)F)c1)NC1CC1. The summed E-state index contributed by atoms with van der Waals surface area (Å²) in [7, 11) is 0. The number of amides is 2. The minimum Gasteiger partial charge on any atom is -0.353 e. The number of halogens is 3. The minimum absolute atomic E-state index is 0.0566. The third kappa shape index (κ3) is 5.50. The highest BCUT2D eigenvalue weighted by molar-refractivity contribution is 8.00. The van der Waals surface area contributed by atoms with Crippen molar-refractivity contribution in [3.8, 4) is 0 Å². The molecule has 8 heteroatoms. The molecule has 0 atom stereocenters. The molecule has 0 aliphatic heterocycles. The number of thioether (sulfide) groups is 1. The Bertz CT molecular complexity index is 851. The maximum atomic E-state index is 12.8. The lowest BCUT2D eigenvalue weighted by molar-refractivity contribution is -0.137. The third-order valence-corrected chi connectivity index (χ3v) is 4.95. The normalized spacial score (nSPS) is 13.9. The summed E-state index contributed by atoms with van der Waals surface area (Å²) in [5.74, 6) is -0.458. The van der Waals surface area contributed by atoms with E-state index in [1.54, 1.807) is 24.3 Å². The van der Waals surface area contributed by atoms with Crippen LogP contribution in [0.5, 0.6) is 0 Å². The van der Waals surface area contributed by atoms with Crippen molar-refractivity contribution in [1.82, 2.24) is 5.32 Å². The van der Waals surface area contributed by atoms with E-state index in [1.807, 2.05) is 0 Å². The van der Waals surface area contributed by atoms with Crippen LogP contribution in [-0.2, 0) is 11.0 Å². The van der Waals surface area contributed by atoms with Gasteiger partial charge in [0.25, 0.3) is 5.91 Å². The van der Waals surface area contributed by atoms with Crippen LogP contribution in [0.3, 0.4) is 0 Å². The zero-order valence-corrected chi connectivity index (χ0v) is 15.0. The molecule has 142 valence electrons. The predicted molar refractivity (Wildman–Crippen MR) is 97.7 cm³/mol. The molecule has 1 saturated carbocycles. The van der Waals surface area contributed by atoms with Crippen LogP contribution >= 0.6 is 11.8 Å². The molecule has 1 aliphatic rings. The van der Waals surface area contributed by atoms with E-state index in [2.05, 4.69) is 10.6 Å². The fourth-order valence-corrected chi connectivity index (χ4v) is 3.25.